The molecule has 10 nitrogen and oxygen atoms in total. The molecule has 0 radical (unpaired) electrons. The third-order valence-electron chi connectivity index (χ3n) is 10.7. The van der Waals surface area contributed by atoms with Crippen LogP contribution in [-0.2, 0) is 16.0 Å². The number of amides is 1. The second kappa shape index (κ2) is 11.0. The number of carbonyl (C=O) groups is 2. The van der Waals surface area contributed by atoms with Crippen molar-refractivity contribution in [3.8, 4) is 17.0 Å². The summed E-state index contributed by atoms with van der Waals surface area (Å²) >= 11 is 0. The Balaban J connectivity index is 1.32. The summed E-state index contributed by atoms with van der Waals surface area (Å²) < 4.78 is 28.8. The van der Waals surface area contributed by atoms with Crippen LogP contribution < -0.4 is 10.1 Å². The minimum atomic E-state index is -1.44. The van der Waals surface area contributed by atoms with Gasteiger partial charge in [0, 0.05) is 35.0 Å². The van der Waals surface area contributed by atoms with Crippen molar-refractivity contribution in [1.29, 1.82) is 0 Å². The monoisotopic (exact) mass is 634 g/mol. The number of nitrogens with one attached hydrogen (secondary N) is 1. The van der Waals surface area contributed by atoms with Crippen molar-refractivity contribution >= 4 is 17.5 Å². The number of aliphatic hydroxyl groups is 1. The van der Waals surface area contributed by atoms with Gasteiger partial charge in [-0.25, -0.2) is 18.7 Å². The maximum absolute atomic E-state index is 15.6. The topological polar surface area (TPSA) is 135 Å². The van der Waals surface area contributed by atoms with Crippen LogP contribution in [0.1, 0.15) is 98.3 Å². The van der Waals surface area contributed by atoms with Crippen LogP contribution in [0.25, 0.3) is 16.9 Å². The van der Waals surface area contributed by atoms with E-state index in [1.807, 2.05) is 6.92 Å². The van der Waals surface area contributed by atoms with E-state index in [2.05, 4.69) is 10.4 Å². The molecule has 1 aliphatic heterocycles. The molecule has 3 unspecified atom stereocenters. The molecule has 4 bridgehead atoms. The fourth-order valence-electron chi connectivity index (χ4n) is 9.05. The Morgan fingerprint density at radius 3 is 2.59 bits per heavy atom. The lowest BCUT2D eigenvalue weighted by Crippen LogP contribution is -2.56. The van der Waals surface area contributed by atoms with Crippen LogP contribution in [0.4, 0.5) is 4.39 Å². The van der Waals surface area contributed by atoms with Crippen molar-refractivity contribution < 1.29 is 33.7 Å². The van der Waals surface area contributed by atoms with Gasteiger partial charge in [0.2, 0.25) is 0 Å². The first-order valence-electron chi connectivity index (χ1n) is 16.5. The fraction of sp³-hybridized carbons (Fsp3) is 0.600. The first-order chi connectivity index (χ1) is 21.7. The van der Waals surface area contributed by atoms with Crippen molar-refractivity contribution in [2.75, 3.05) is 13.2 Å². The number of hydrogen-bond acceptors (Lipinski definition) is 7. The summed E-state index contributed by atoms with van der Waals surface area (Å²) in [5, 5.41) is 28.9. The molecule has 3 aromatic rings. The molecular formula is C35H43FN4O6. The van der Waals surface area contributed by atoms with E-state index in [1.165, 1.54) is 10.6 Å². The first-order valence-corrected chi connectivity index (χ1v) is 16.5. The molecule has 4 fully saturated rings. The number of carboxylic acids is 1. The van der Waals surface area contributed by atoms with E-state index < -0.39 is 23.5 Å². The quantitative estimate of drug-likeness (QED) is 0.317. The van der Waals surface area contributed by atoms with E-state index in [0.717, 1.165) is 49.7 Å². The van der Waals surface area contributed by atoms with Gasteiger partial charge < -0.3 is 25.0 Å². The Morgan fingerprint density at radius 2 is 1.91 bits per heavy atom. The largest absolute Gasteiger partial charge is 0.490 e. The third-order valence-corrected chi connectivity index (χ3v) is 10.7. The van der Waals surface area contributed by atoms with E-state index >= 15 is 4.39 Å². The lowest BCUT2D eigenvalue weighted by molar-refractivity contribution is -0.160. The molecule has 0 spiro atoms. The minimum Gasteiger partial charge on any atom is -0.490 e. The number of nitrogens with zero attached hydrogens (tertiary/aromatic N) is 3. The predicted molar refractivity (Wildman–Crippen MR) is 167 cm³/mol. The molecule has 2 aromatic heterocycles. The number of benzene rings is 1. The second-order valence-corrected chi connectivity index (χ2v) is 15.1. The molecule has 3 heterocycles. The van der Waals surface area contributed by atoms with Crippen molar-refractivity contribution in [1.82, 2.24) is 19.9 Å². The molecule has 0 saturated heterocycles. The van der Waals surface area contributed by atoms with Crippen molar-refractivity contribution in [2.24, 2.45) is 23.2 Å². The van der Waals surface area contributed by atoms with Crippen LogP contribution in [0, 0.1) is 42.8 Å². The Labute approximate surface area is 267 Å². The van der Waals surface area contributed by atoms with Crippen LogP contribution in [0.3, 0.4) is 0 Å². The highest BCUT2D eigenvalue weighted by atomic mass is 19.1. The number of halogens is 1. The van der Waals surface area contributed by atoms with Crippen LogP contribution >= 0.6 is 0 Å². The van der Waals surface area contributed by atoms with Crippen LogP contribution in [0.5, 0.6) is 5.75 Å². The summed E-state index contributed by atoms with van der Waals surface area (Å²) in [7, 11) is 0. The molecule has 1 aromatic carbocycles. The van der Waals surface area contributed by atoms with E-state index in [4.69, 9.17) is 14.5 Å². The van der Waals surface area contributed by atoms with Gasteiger partial charge in [0.1, 0.15) is 0 Å². The van der Waals surface area contributed by atoms with Gasteiger partial charge in [0.15, 0.2) is 29.0 Å². The molecule has 246 valence electrons. The van der Waals surface area contributed by atoms with Crippen molar-refractivity contribution in [3.05, 3.63) is 46.0 Å². The van der Waals surface area contributed by atoms with E-state index in [1.54, 1.807) is 33.8 Å². The van der Waals surface area contributed by atoms with Crippen LogP contribution in [-0.4, -0.2) is 61.5 Å². The summed E-state index contributed by atoms with van der Waals surface area (Å²) in [6.45, 7) is 9.81. The Kier molecular flexibility index (Phi) is 7.43. The summed E-state index contributed by atoms with van der Waals surface area (Å²) in [6, 6.07) is 2.95. The second-order valence-electron chi connectivity index (χ2n) is 15.1. The third kappa shape index (κ3) is 5.25. The molecule has 8 rings (SSSR count). The van der Waals surface area contributed by atoms with E-state index in [0.29, 0.717) is 59.9 Å². The highest BCUT2D eigenvalue weighted by Crippen LogP contribution is 2.59. The van der Waals surface area contributed by atoms with Gasteiger partial charge in [-0.3, -0.25) is 4.79 Å². The minimum absolute atomic E-state index is 0.0173. The molecular weight excluding hydrogens is 591 g/mol. The van der Waals surface area contributed by atoms with Gasteiger partial charge >= 0.3 is 5.97 Å². The maximum Gasteiger partial charge on any atom is 0.337 e. The number of hydrogen-bond donors (Lipinski definition) is 3. The average molecular weight is 635 g/mol. The van der Waals surface area contributed by atoms with Crippen molar-refractivity contribution in [3.63, 3.8) is 0 Å². The summed E-state index contributed by atoms with van der Waals surface area (Å²) in [6.07, 6.45) is 4.70. The molecule has 3 N–H and O–H groups in total. The Hall–Kier alpha value is -3.57. The highest BCUT2D eigenvalue weighted by Gasteiger charge is 2.55. The van der Waals surface area contributed by atoms with Gasteiger partial charge in [-0.05, 0) is 114 Å². The number of ether oxygens (including phenoxy) is 2. The van der Waals surface area contributed by atoms with E-state index in [9.17, 15) is 19.8 Å². The van der Waals surface area contributed by atoms with Crippen LogP contribution in [0.15, 0.2) is 12.1 Å². The number of aliphatic carboxylic acids is 1. The maximum atomic E-state index is 15.6. The number of aryl methyl sites for hydroxylation is 1. The summed E-state index contributed by atoms with van der Waals surface area (Å²) in [5.41, 5.74) is 2.49. The first kappa shape index (κ1) is 31.1. The van der Waals surface area contributed by atoms with E-state index in [-0.39, 0.29) is 34.4 Å². The fourth-order valence-corrected chi connectivity index (χ4v) is 9.05. The SMILES string of the molecule is Cc1nc2cc(C(=O)NCC34CC5CC(C3)C(O)C(C5)C4)nn2c(-c2cc(F)c3c(c2C)CCCO3)c1C(OC(C)(C)C)C(=O)O. The zero-order valence-corrected chi connectivity index (χ0v) is 27.2. The van der Waals surface area contributed by atoms with Gasteiger partial charge in [0.05, 0.1) is 24.0 Å². The van der Waals surface area contributed by atoms with Crippen molar-refractivity contribution in [2.45, 2.75) is 97.4 Å². The predicted octanol–water partition coefficient (Wildman–Crippen LogP) is 5.34. The number of carbonyl (C=O) groups excluding carboxylic acids is 1. The number of carboxylic acid groups (broad SMARTS) is 1. The molecule has 46 heavy (non-hydrogen) atoms. The number of aromatic nitrogens is 3. The smallest absolute Gasteiger partial charge is 0.337 e. The zero-order valence-electron chi connectivity index (χ0n) is 27.2. The molecule has 1 amide bonds. The van der Waals surface area contributed by atoms with Crippen LogP contribution in [0.2, 0.25) is 0 Å². The number of aliphatic hydroxyl groups excluding tert-OH is 1. The summed E-state index contributed by atoms with van der Waals surface area (Å²) in [5.74, 6) is -0.693. The lowest BCUT2D eigenvalue weighted by atomic mass is 9.48. The molecule has 4 saturated carbocycles. The zero-order chi connectivity index (χ0) is 32.7. The highest BCUT2D eigenvalue weighted by molar-refractivity contribution is 5.93. The van der Waals surface area contributed by atoms with Gasteiger partial charge in [-0.1, -0.05) is 0 Å². The Bertz CT molecular complexity index is 1730. The normalized spacial score (nSPS) is 27.4. The van der Waals surface area contributed by atoms with Gasteiger partial charge in [-0.15, -0.1) is 0 Å². The Morgan fingerprint density at radius 1 is 1.20 bits per heavy atom. The standard InChI is InChI=1S/C35H43FN4O6/c1-17-22-7-6-8-45-30(22)24(36)11-23(17)28-27(31(33(43)44)46-34(3,4)5)18(2)38-26-12-25(39-40(26)28)32(42)37-16-35-13-19-9-20(14-35)29(41)21(10-19)15-35/h11-12,19-21,29,31,41H,6-10,13-16H2,1-5H3,(H,37,42)(H,43,44). The van der Waals surface area contributed by atoms with Gasteiger partial charge in [0.25, 0.3) is 5.91 Å². The molecule has 4 aliphatic carbocycles. The lowest BCUT2D eigenvalue weighted by Gasteiger charge is -2.58. The average Bonchev–Trinajstić information content (AvgIpc) is 3.41. The molecule has 3 atom stereocenters. The summed E-state index contributed by atoms with van der Waals surface area (Å²) in [4.78, 5) is 31.1. The number of fused-ring (bicyclic) bond motifs is 2. The molecule has 11 heteroatoms. The van der Waals surface area contributed by atoms with Gasteiger partial charge in [-0.2, -0.15) is 5.10 Å². The number of rotatable bonds is 7. The molecule has 5 aliphatic rings.